The highest BCUT2D eigenvalue weighted by atomic mass is 32.2. The van der Waals surface area contributed by atoms with Crippen molar-refractivity contribution in [2.24, 2.45) is 5.92 Å². The lowest BCUT2D eigenvalue weighted by molar-refractivity contribution is 0.0513. The Labute approximate surface area is 110 Å². The zero-order chi connectivity index (χ0) is 13.8. The van der Waals surface area contributed by atoms with Gasteiger partial charge in [-0.2, -0.15) is 0 Å². The number of aliphatic hydroxyl groups excluding tert-OH is 1. The fourth-order valence-electron chi connectivity index (χ4n) is 2.16. The van der Waals surface area contributed by atoms with Gasteiger partial charge in [-0.1, -0.05) is 6.92 Å². The second-order valence-electron chi connectivity index (χ2n) is 5.12. The van der Waals surface area contributed by atoms with Gasteiger partial charge in [-0.3, -0.25) is 0 Å². The third-order valence-corrected chi connectivity index (χ3v) is 5.17. The molecule has 18 heavy (non-hydrogen) atoms. The highest BCUT2D eigenvalue weighted by molar-refractivity contribution is 7.89. The molecule has 0 radical (unpaired) electrons. The summed E-state index contributed by atoms with van der Waals surface area (Å²) in [5.41, 5.74) is 0. The number of sulfonamides is 1. The Morgan fingerprint density at radius 3 is 2.67 bits per heavy atom. The van der Waals surface area contributed by atoms with Gasteiger partial charge in [0.05, 0.1) is 24.6 Å². The van der Waals surface area contributed by atoms with Crippen molar-refractivity contribution in [1.29, 1.82) is 0 Å². The molecule has 108 valence electrons. The summed E-state index contributed by atoms with van der Waals surface area (Å²) in [5, 5.41) is 9.76. The third-order valence-electron chi connectivity index (χ3n) is 3.37. The van der Waals surface area contributed by atoms with Gasteiger partial charge in [0.15, 0.2) is 0 Å². The van der Waals surface area contributed by atoms with Gasteiger partial charge in [0.1, 0.15) is 0 Å². The van der Waals surface area contributed by atoms with E-state index in [2.05, 4.69) is 0 Å². The first-order valence-electron chi connectivity index (χ1n) is 6.64. The molecule has 1 aliphatic heterocycles. The Hall–Kier alpha value is -0.170. The Kier molecular flexibility index (Phi) is 6.04. The standard InChI is InChI=1S/C12H25NO4S/c1-4-11-9-13(6-5-12(11)14)18(15,16)8-7-17-10(2)3/h10-12,14H,4-9H2,1-3H3. The molecule has 0 aromatic rings. The molecule has 1 N–H and O–H groups in total. The van der Waals surface area contributed by atoms with E-state index in [-0.39, 0.29) is 30.5 Å². The van der Waals surface area contributed by atoms with Crippen molar-refractivity contribution in [1.82, 2.24) is 4.31 Å². The lowest BCUT2D eigenvalue weighted by Gasteiger charge is -2.34. The fourth-order valence-corrected chi connectivity index (χ4v) is 3.53. The molecule has 5 nitrogen and oxygen atoms in total. The van der Waals surface area contributed by atoms with E-state index in [1.165, 1.54) is 4.31 Å². The van der Waals surface area contributed by atoms with Crippen LogP contribution in [0.1, 0.15) is 33.6 Å². The van der Waals surface area contributed by atoms with Gasteiger partial charge in [0.25, 0.3) is 0 Å². The summed E-state index contributed by atoms with van der Waals surface area (Å²) in [6.07, 6.45) is 1.01. The van der Waals surface area contributed by atoms with Gasteiger partial charge >= 0.3 is 0 Å². The van der Waals surface area contributed by atoms with Crippen molar-refractivity contribution in [3.8, 4) is 0 Å². The van der Waals surface area contributed by atoms with E-state index < -0.39 is 10.0 Å². The maximum absolute atomic E-state index is 12.1. The number of ether oxygens (including phenoxy) is 1. The van der Waals surface area contributed by atoms with Crippen LogP contribution in [0.2, 0.25) is 0 Å². The van der Waals surface area contributed by atoms with Crippen LogP contribution in [-0.4, -0.2) is 55.5 Å². The maximum atomic E-state index is 12.1. The Balaban J connectivity index is 2.52. The molecular weight excluding hydrogens is 254 g/mol. The van der Waals surface area contributed by atoms with Crippen molar-refractivity contribution >= 4 is 10.0 Å². The normalized spacial score (nSPS) is 26.7. The van der Waals surface area contributed by atoms with Crippen LogP contribution < -0.4 is 0 Å². The quantitative estimate of drug-likeness (QED) is 0.782. The number of nitrogens with zero attached hydrogens (tertiary/aromatic N) is 1. The van der Waals surface area contributed by atoms with E-state index in [1.54, 1.807) is 0 Å². The van der Waals surface area contributed by atoms with Crippen LogP contribution in [0.4, 0.5) is 0 Å². The molecule has 0 aromatic heterocycles. The van der Waals surface area contributed by atoms with E-state index in [4.69, 9.17) is 4.74 Å². The molecular formula is C12H25NO4S. The summed E-state index contributed by atoms with van der Waals surface area (Å²) in [6, 6.07) is 0. The minimum atomic E-state index is -3.25. The van der Waals surface area contributed by atoms with E-state index in [9.17, 15) is 13.5 Å². The number of hydrogen-bond donors (Lipinski definition) is 1. The van der Waals surface area contributed by atoms with E-state index in [1.807, 2.05) is 20.8 Å². The highest BCUT2D eigenvalue weighted by Gasteiger charge is 2.32. The summed E-state index contributed by atoms with van der Waals surface area (Å²) >= 11 is 0. The predicted molar refractivity (Wildman–Crippen MR) is 70.9 cm³/mol. The molecule has 1 aliphatic rings. The lowest BCUT2D eigenvalue weighted by Crippen LogP contribution is -2.46. The zero-order valence-electron chi connectivity index (χ0n) is 11.5. The number of hydrogen-bond acceptors (Lipinski definition) is 4. The van der Waals surface area contributed by atoms with Crippen molar-refractivity contribution in [2.75, 3.05) is 25.4 Å². The first kappa shape index (κ1) is 15.9. The van der Waals surface area contributed by atoms with E-state index in [0.717, 1.165) is 6.42 Å². The van der Waals surface area contributed by atoms with Crippen LogP contribution in [0.25, 0.3) is 0 Å². The number of piperidine rings is 1. The van der Waals surface area contributed by atoms with Gasteiger partial charge < -0.3 is 9.84 Å². The summed E-state index contributed by atoms with van der Waals surface area (Å²) in [6.45, 7) is 6.83. The molecule has 6 heteroatoms. The molecule has 2 unspecified atom stereocenters. The van der Waals surface area contributed by atoms with E-state index >= 15 is 0 Å². The fraction of sp³-hybridized carbons (Fsp3) is 1.00. The van der Waals surface area contributed by atoms with Gasteiger partial charge in [-0.15, -0.1) is 0 Å². The van der Waals surface area contributed by atoms with Crippen LogP contribution in [0, 0.1) is 5.92 Å². The van der Waals surface area contributed by atoms with Crippen LogP contribution in [0.3, 0.4) is 0 Å². The molecule has 1 fully saturated rings. The minimum absolute atomic E-state index is 0.0255. The Morgan fingerprint density at radius 1 is 1.44 bits per heavy atom. The summed E-state index contributed by atoms with van der Waals surface area (Å²) in [7, 11) is -3.25. The molecule has 0 bridgehead atoms. The molecule has 0 amide bonds. The van der Waals surface area contributed by atoms with Crippen LogP contribution in [-0.2, 0) is 14.8 Å². The predicted octanol–water partition coefficient (Wildman–Crippen LogP) is 0.834. The molecule has 1 saturated heterocycles. The smallest absolute Gasteiger partial charge is 0.216 e. The Morgan fingerprint density at radius 2 is 2.11 bits per heavy atom. The second kappa shape index (κ2) is 6.84. The Bertz CT molecular complexity index is 342. The molecule has 0 aromatic carbocycles. The van der Waals surface area contributed by atoms with Crippen molar-refractivity contribution in [3.63, 3.8) is 0 Å². The van der Waals surface area contributed by atoms with E-state index in [0.29, 0.717) is 19.5 Å². The average molecular weight is 279 g/mol. The molecule has 0 spiro atoms. The maximum Gasteiger partial charge on any atom is 0.216 e. The number of rotatable bonds is 6. The largest absolute Gasteiger partial charge is 0.393 e. The van der Waals surface area contributed by atoms with Crippen molar-refractivity contribution in [2.45, 2.75) is 45.8 Å². The molecule has 1 heterocycles. The molecule has 0 aliphatic carbocycles. The van der Waals surface area contributed by atoms with Crippen molar-refractivity contribution < 1.29 is 18.3 Å². The van der Waals surface area contributed by atoms with Gasteiger partial charge in [-0.25, -0.2) is 12.7 Å². The van der Waals surface area contributed by atoms with Crippen molar-refractivity contribution in [3.05, 3.63) is 0 Å². The molecule has 1 rings (SSSR count). The van der Waals surface area contributed by atoms with Crippen LogP contribution in [0.5, 0.6) is 0 Å². The van der Waals surface area contributed by atoms with Crippen LogP contribution in [0.15, 0.2) is 0 Å². The average Bonchev–Trinajstić information content (AvgIpc) is 2.28. The lowest BCUT2D eigenvalue weighted by atomic mass is 9.94. The SMILES string of the molecule is CCC1CN(S(=O)(=O)CCOC(C)C)CCC1O. The first-order valence-corrected chi connectivity index (χ1v) is 8.25. The molecule has 0 saturated carbocycles. The summed E-state index contributed by atoms with van der Waals surface area (Å²) in [4.78, 5) is 0. The molecule has 2 atom stereocenters. The van der Waals surface area contributed by atoms with Gasteiger partial charge in [0, 0.05) is 13.1 Å². The van der Waals surface area contributed by atoms with Gasteiger partial charge in [0.2, 0.25) is 10.0 Å². The summed E-state index contributed by atoms with van der Waals surface area (Å²) in [5.74, 6) is 0.0806. The first-order chi connectivity index (χ1) is 8.36. The third kappa shape index (κ3) is 4.50. The minimum Gasteiger partial charge on any atom is -0.393 e. The summed E-state index contributed by atoms with van der Waals surface area (Å²) < 4.78 is 31.0. The highest BCUT2D eigenvalue weighted by Crippen LogP contribution is 2.22. The monoisotopic (exact) mass is 279 g/mol. The van der Waals surface area contributed by atoms with Gasteiger partial charge in [-0.05, 0) is 32.6 Å². The second-order valence-corrected chi connectivity index (χ2v) is 7.21. The van der Waals surface area contributed by atoms with Crippen LogP contribution >= 0.6 is 0 Å². The zero-order valence-corrected chi connectivity index (χ0v) is 12.3. The number of aliphatic hydroxyl groups is 1. The topological polar surface area (TPSA) is 66.8 Å².